The highest BCUT2D eigenvalue weighted by Crippen LogP contribution is 2.18. The molecule has 0 saturated heterocycles. The number of aromatic nitrogens is 1. The molecular formula is C9H13FN2. The van der Waals surface area contributed by atoms with Crippen LogP contribution < -0.4 is 5.73 Å². The molecule has 1 aromatic heterocycles. The van der Waals surface area contributed by atoms with Crippen molar-refractivity contribution in [2.24, 2.45) is 11.7 Å². The second-order valence-electron chi connectivity index (χ2n) is 3.14. The fourth-order valence-electron chi connectivity index (χ4n) is 0.959. The van der Waals surface area contributed by atoms with Crippen molar-refractivity contribution in [3.63, 3.8) is 0 Å². The number of nitrogens with zero attached hydrogens (tertiary/aromatic N) is 1. The first-order valence-electron chi connectivity index (χ1n) is 3.99. The van der Waals surface area contributed by atoms with Crippen molar-refractivity contribution in [3.8, 4) is 0 Å². The van der Waals surface area contributed by atoms with E-state index in [-0.39, 0.29) is 17.8 Å². The highest BCUT2D eigenvalue weighted by molar-refractivity contribution is 5.11. The number of halogens is 1. The number of pyridine rings is 1. The Labute approximate surface area is 71.6 Å². The quantitative estimate of drug-likeness (QED) is 0.732. The fraction of sp³-hybridized carbons (Fsp3) is 0.444. The molecule has 0 bridgehead atoms. The van der Waals surface area contributed by atoms with E-state index in [4.69, 9.17) is 5.73 Å². The van der Waals surface area contributed by atoms with Gasteiger partial charge in [0, 0.05) is 6.20 Å². The van der Waals surface area contributed by atoms with E-state index in [1.165, 1.54) is 6.07 Å². The van der Waals surface area contributed by atoms with Crippen LogP contribution >= 0.6 is 0 Å². The number of hydrogen-bond donors (Lipinski definition) is 1. The summed E-state index contributed by atoms with van der Waals surface area (Å²) in [5.41, 5.74) is 6.09. The van der Waals surface area contributed by atoms with Gasteiger partial charge < -0.3 is 5.73 Å². The first-order valence-corrected chi connectivity index (χ1v) is 3.99. The summed E-state index contributed by atoms with van der Waals surface area (Å²) in [5, 5.41) is 0. The lowest BCUT2D eigenvalue weighted by Gasteiger charge is -2.14. The lowest BCUT2D eigenvalue weighted by atomic mass is 10.0. The predicted octanol–water partition coefficient (Wildman–Crippen LogP) is 1.88. The summed E-state index contributed by atoms with van der Waals surface area (Å²) in [6, 6.07) is 2.63. The molecule has 0 aromatic carbocycles. The molecule has 0 spiro atoms. The molecule has 0 aliphatic carbocycles. The molecule has 0 amide bonds. The molecule has 12 heavy (non-hydrogen) atoms. The highest BCUT2D eigenvalue weighted by Gasteiger charge is 2.15. The lowest BCUT2D eigenvalue weighted by Crippen LogP contribution is -2.19. The Hall–Kier alpha value is -0.960. The molecule has 0 aliphatic heterocycles. The van der Waals surface area contributed by atoms with Crippen molar-refractivity contribution < 1.29 is 4.39 Å². The molecule has 2 nitrogen and oxygen atoms in total. The number of nitrogens with two attached hydrogens (primary N) is 1. The van der Waals surface area contributed by atoms with E-state index in [2.05, 4.69) is 4.98 Å². The Kier molecular flexibility index (Phi) is 2.76. The molecule has 0 saturated carbocycles. The summed E-state index contributed by atoms with van der Waals surface area (Å²) < 4.78 is 13.1. The zero-order chi connectivity index (χ0) is 9.14. The van der Waals surface area contributed by atoms with Gasteiger partial charge in [-0.05, 0) is 18.1 Å². The second-order valence-corrected chi connectivity index (χ2v) is 3.14. The maximum atomic E-state index is 13.1. The van der Waals surface area contributed by atoms with E-state index in [0.29, 0.717) is 5.69 Å². The first-order chi connectivity index (χ1) is 5.63. The minimum atomic E-state index is -0.321. The van der Waals surface area contributed by atoms with Gasteiger partial charge in [0.25, 0.3) is 0 Å². The van der Waals surface area contributed by atoms with Crippen molar-refractivity contribution in [2.75, 3.05) is 0 Å². The Morgan fingerprint density at radius 2 is 2.17 bits per heavy atom. The Bertz CT molecular complexity index is 260. The van der Waals surface area contributed by atoms with E-state index in [0.717, 1.165) is 0 Å². The normalized spacial score (nSPS) is 13.4. The van der Waals surface area contributed by atoms with E-state index >= 15 is 0 Å². The summed E-state index contributed by atoms with van der Waals surface area (Å²) in [7, 11) is 0. The Balaban J connectivity index is 2.94. The topological polar surface area (TPSA) is 38.9 Å². The van der Waals surface area contributed by atoms with Gasteiger partial charge in [0.05, 0.1) is 11.7 Å². The van der Waals surface area contributed by atoms with Crippen molar-refractivity contribution >= 4 is 0 Å². The molecule has 0 radical (unpaired) electrons. The van der Waals surface area contributed by atoms with Crippen molar-refractivity contribution in [2.45, 2.75) is 19.9 Å². The average Bonchev–Trinajstić information content (AvgIpc) is 2.04. The Morgan fingerprint density at radius 1 is 1.50 bits per heavy atom. The van der Waals surface area contributed by atoms with Gasteiger partial charge in [-0.1, -0.05) is 13.8 Å². The third-order valence-electron chi connectivity index (χ3n) is 1.82. The van der Waals surface area contributed by atoms with E-state index in [9.17, 15) is 4.39 Å². The van der Waals surface area contributed by atoms with Gasteiger partial charge in [0.15, 0.2) is 0 Å². The van der Waals surface area contributed by atoms with Gasteiger partial charge in [-0.2, -0.15) is 0 Å². The largest absolute Gasteiger partial charge is 0.322 e. The maximum Gasteiger partial charge on any atom is 0.146 e. The van der Waals surface area contributed by atoms with Gasteiger partial charge in [-0.25, -0.2) is 4.39 Å². The first kappa shape index (κ1) is 9.13. The van der Waals surface area contributed by atoms with E-state index < -0.39 is 0 Å². The third-order valence-corrected chi connectivity index (χ3v) is 1.82. The SMILES string of the molecule is CC(C)C(N)c1ncccc1F. The van der Waals surface area contributed by atoms with Gasteiger partial charge >= 0.3 is 0 Å². The molecule has 0 fully saturated rings. The van der Waals surface area contributed by atoms with Gasteiger partial charge in [-0.3, -0.25) is 4.98 Å². The highest BCUT2D eigenvalue weighted by atomic mass is 19.1. The standard InChI is InChI=1S/C9H13FN2/c1-6(2)8(11)9-7(10)4-3-5-12-9/h3-6,8H,11H2,1-2H3. The zero-order valence-electron chi connectivity index (χ0n) is 7.29. The molecular weight excluding hydrogens is 155 g/mol. The Morgan fingerprint density at radius 3 is 2.67 bits per heavy atom. The predicted molar refractivity (Wildman–Crippen MR) is 46.0 cm³/mol. The van der Waals surface area contributed by atoms with Crippen LogP contribution in [0.15, 0.2) is 18.3 Å². The van der Waals surface area contributed by atoms with Crippen molar-refractivity contribution in [3.05, 3.63) is 29.8 Å². The van der Waals surface area contributed by atoms with Gasteiger partial charge in [0.1, 0.15) is 5.82 Å². The average molecular weight is 168 g/mol. The van der Waals surface area contributed by atoms with E-state index in [1.54, 1.807) is 12.3 Å². The monoisotopic (exact) mass is 168 g/mol. The van der Waals surface area contributed by atoms with Crippen molar-refractivity contribution in [1.29, 1.82) is 0 Å². The zero-order valence-corrected chi connectivity index (χ0v) is 7.29. The molecule has 1 heterocycles. The maximum absolute atomic E-state index is 13.1. The molecule has 2 N–H and O–H groups in total. The number of hydrogen-bond acceptors (Lipinski definition) is 2. The summed E-state index contributed by atoms with van der Waals surface area (Å²) in [4.78, 5) is 3.90. The van der Waals surface area contributed by atoms with Crippen LogP contribution in [0.1, 0.15) is 25.6 Å². The third kappa shape index (κ3) is 1.80. The van der Waals surface area contributed by atoms with Crippen LogP contribution in [-0.4, -0.2) is 4.98 Å². The summed E-state index contributed by atoms with van der Waals surface area (Å²) in [6.07, 6.45) is 1.56. The van der Waals surface area contributed by atoms with E-state index in [1.807, 2.05) is 13.8 Å². The van der Waals surface area contributed by atoms with Crippen LogP contribution in [0.25, 0.3) is 0 Å². The molecule has 66 valence electrons. The molecule has 3 heteroatoms. The minimum Gasteiger partial charge on any atom is -0.322 e. The van der Waals surface area contributed by atoms with Gasteiger partial charge in [0.2, 0.25) is 0 Å². The molecule has 0 aliphatic rings. The van der Waals surface area contributed by atoms with Gasteiger partial charge in [-0.15, -0.1) is 0 Å². The van der Waals surface area contributed by atoms with Crippen LogP contribution in [0.2, 0.25) is 0 Å². The lowest BCUT2D eigenvalue weighted by molar-refractivity contribution is 0.471. The van der Waals surface area contributed by atoms with Crippen LogP contribution in [0, 0.1) is 11.7 Å². The summed E-state index contributed by atoms with van der Waals surface area (Å²) in [5.74, 6) is -0.117. The molecule has 1 rings (SSSR count). The molecule has 1 unspecified atom stereocenters. The van der Waals surface area contributed by atoms with Crippen molar-refractivity contribution in [1.82, 2.24) is 4.98 Å². The summed E-state index contributed by atoms with van der Waals surface area (Å²) >= 11 is 0. The fourth-order valence-corrected chi connectivity index (χ4v) is 0.959. The van der Waals surface area contributed by atoms with Crippen LogP contribution in [0.4, 0.5) is 4.39 Å². The minimum absolute atomic E-state index is 0.203. The summed E-state index contributed by atoms with van der Waals surface area (Å²) in [6.45, 7) is 3.89. The van der Waals surface area contributed by atoms with Crippen LogP contribution in [0.3, 0.4) is 0 Å². The second kappa shape index (κ2) is 3.63. The molecule has 1 aromatic rings. The number of rotatable bonds is 2. The molecule has 1 atom stereocenters. The smallest absolute Gasteiger partial charge is 0.146 e. The van der Waals surface area contributed by atoms with Crippen LogP contribution in [0.5, 0.6) is 0 Å². The van der Waals surface area contributed by atoms with Crippen LogP contribution in [-0.2, 0) is 0 Å².